The van der Waals surface area contributed by atoms with Gasteiger partial charge in [-0.05, 0) is 0 Å². The fourth-order valence-electron chi connectivity index (χ4n) is 0.927. The van der Waals surface area contributed by atoms with Gasteiger partial charge in [0.15, 0.2) is 12.4 Å². The predicted octanol–water partition coefficient (Wildman–Crippen LogP) is -2.30. The standard InChI is InChI=1S/C9H13N2O.BrH/c1-8(12)11-6-4-9(5-7-11)10(2)3;/h4-7H,1-3H3;1H/q+1;/p-1. The molecule has 0 bridgehead atoms. The summed E-state index contributed by atoms with van der Waals surface area (Å²) >= 11 is 0. The first-order valence-electron chi connectivity index (χ1n) is 3.81. The van der Waals surface area contributed by atoms with Gasteiger partial charge in [-0.15, -0.1) is 4.57 Å². The van der Waals surface area contributed by atoms with Crippen LogP contribution in [0.1, 0.15) is 11.7 Å². The third-order valence-corrected chi connectivity index (χ3v) is 1.69. The second-order valence-corrected chi connectivity index (χ2v) is 2.88. The first kappa shape index (κ1) is 12.1. The molecule has 0 saturated heterocycles. The van der Waals surface area contributed by atoms with Gasteiger partial charge in [0, 0.05) is 31.9 Å². The fraction of sp³-hybridized carbons (Fsp3) is 0.333. The quantitative estimate of drug-likeness (QED) is 0.520. The van der Waals surface area contributed by atoms with Gasteiger partial charge in [-0.1, -0.05) is 0 Å². The number of carbonyl (C=O) groups excluding carboxylic acids is 1. The van der Waals surface area contributed by atoms with Crippen molar-refractivity contribution in [1.82, 2.24) is 0 Å². The van der Waals surface area contributed by atoms with Crippen LogP contribution < -0.4 is 26.4 Å². The molecule has 0 radical (unpaired) electrons. The highest BCUT2D eigenvalue weighted by Crippen LogP contribution is 2.05. The number of halogens is 1. The second kappa shape index (κ2) is 4.97. The van der Waals surface area contributed by atoms with Gasteiger partial charge in [-0.3, -0.25) is 0 Å². The van der Waals surface area contributed by atoms with Crippen LogP contribution in [0.3, 0.4) is 0 Å². The number of pyridine rings is 1. The maximum atomic E-state index is 10.9. The van der Waals surface area contributed by atoms with Gasteiger partial charge in [0.25, 0.3) is 0 Å². The van der Waals surface area contributed by atoms with E-state index in [1.54, 1.807) is 17.0 Å². The van der Waals surface area contributed by atoms with Crippen LogP contribution in [-0.2, 0) is 0 Å². The fourth-order valence-corrected chi connectivity index (χ4v) is 0.927. The highest BCUT2D eigenvalue weighted by Gasteiger charge is 2.05. The Balaban J connectivity index is 0.00000144. The smallest absolute Gasteiger partial charge is 0.389 e. The lowest BCUT2D eigenvalue weighted by Gasteiger charge is -2.09. The molecule has 4 heteroatoms. The molecule has 0 aliphatic carbocycles. The van der Waals surface area contributed by atoms with Gasteiger partial charge in [0.05, 0.1) is 6.92 Å². The van der Waals surface area contributed by atoms with E-state index in [4.69, 9.17) is 0 Å². The Kier molecular flexibility index (Phi) is 4.62. The van der Waals surface area contributed by atoms with Crippen LogP contribution in [0.15, 0.2) is 24.5 Å². The molecular formula is C9H13BrN2O. The van der Waals surface area contributed by atoms with Crippen molar-refractivity contribution in [3.8, 4) is 0 Å². The molecular weight excluding hydrogens is 232 g/mol. The molecule has 3 nitrogen and oxygen atoms in total. The molecule has 0 aliphatic heterocycles. The maximum absolute atomic E-state index is 10.9. The van der Waals surface area contributed by atoms with Crippen LogP contribution in [0.25, 0.3) is 0 Å². The van der Waals surface area contributed by atoms with E-state index in [0.717, 1.165) is 5.69 Å². The largest absolute Gasteiger partial charge is 1.00 e. The van der Waals surface area contributed by atoms with Crippen LogP contribution in [-0.4, -0.2) is 20.0 Å². The van der Waals surface area contributed by atoms with Crippen molar-refractivity contribution in [2.45, 2.75) is 6.92 Å². The average molecular weight is 245 g/mol. The molecule has 0 unspecified atom stereocenters. The van der Waals surface area contributed by atoms with Crippen LogP contribution in [0.5, 0.6) is 0 Å². The topological polar surface area (TPSA) is 24.2 Å². The van der Waals surface area contributed by atoms with Gasteiger partial charge < -0.3 is 21.9 Å². The van der Waals surface area contributed by atoms with Crippen molar-refractivity contribution in [3.05, 3.63) is 24.5 Å². The summed E-state index contributed by atoms with van der Waals surface area (Å²) in [5.74, 6) is 0.0281. The lowest BCUT2D eigenvalue weighted by Crippen LogP contribution is -3.00. The van der Waals surface area contributed by atoms with Crippen molar-refractivity contribution >= 4 is 11.6 Å². The highest BCUT2D eigenvalue weighted by atomic mass is 79.9. The molecule has 1 rings (SSSR count). The highest BCUT2D eigenvalue weighted by molar-refractivity contribution is 5.63. The number of aromatic nitrogens is 1. The Labute approximate surface area is 88.8 Å². The van der Waals surface area contributed by atoms with Crippen molar-refractivity contribution < 1.29 is 26.3 Å². The molecule has 0 amide bonds. The van der Waals surface area contributed by atoms with Gasteiger partial charge in [0.1, 0.15) is 0 Å². The summed E-state index contributed by atoms with van der Waals surface area (Å²) in [5, 5.41) is 0. The molecule has 72 valence electrons. The monoisotopic (exact) mass is 244 g/mol. The minimum Gasteiger partial charge on any atom is -1.00 e. The summed E-state index contributed by atoms with van der Waals surface area (Å²) in [7, 11) is 3.93. The predicted molar refractivity (Wildman–Crippen MR) is 47.3 cm³/mol. The van der Waals surface area contributed by atoms with Crippen LogP contribution >= 0.6 is 0 Å². The molecule has 0 N–H and O–H groups in total. The first-order valence-corrected chi connectivity index (χ1v) is 3.81. The van der Waals surface area contributed by atoms with Gasteiger partial charge in [-0.2, -0.15) is 0 Å². The third kappa shape index (κ3) is 3.14. The van der Waals surface area contributed by atoms with E-state index in [0.29, 0.717) is 0 Å². The molecule has 1 aromatic rings. The van der Waals surface area contributed by atoms with E-state index >= 15 is 0 Å². The van der Waals surface area contributed by atoms with Gasteiger partial charge >= 0.3 is 5.91 Å². The van der Waals surface area contributed by atoms with E-state index in [1.165, 1.54) is 6.92 Å². The number of carbonyl (C=O) groups is 1. The van der Waals surface area contributed by atoms with E-state index < -0.39 is 0 Å². The number of hydrogen-bond donors (Lipinski definition) is 0. The van der Waals surface area contributed by atoms with E-state index in [2.05, 4.69) is 0 Å². The second-order valence-electron chi connectivity index (χ2n) is 2.88. The maximum Gasteiger partial charge on any atom is 0.389 e. The normalized spacial score (nSPS) is 8.85. The van der Waals surface area contributed by atoms with Crippen molar-refractivity contribution in [2.75, 3.05) is 19.0 Å². The molecule has 0 aliphatic rings. The molecule has 0 atom stereocenters. The Hall–Kier alpha value is -0.900. The lowest BCUT2D eigenvalue weighted by molar-refractivity contribution is -0.572. The van der Waals surface area contributed by atoms with Crippen molar-refractivity contribution in [2.24, 2.45) is 0 Å². The Bertz CT molecular complexity index is 282. The molecule has 0 aromatic carbocycles. The number of rotatable bonds is 1. The first-order chi connectivity index (χ1) is 5.61. The molecule has 1 aromatic heterocycles. The summed E-state index contributed by atoms with van der Waals surface area (Å²) in [5.41, 5.74) is 1.09. The summed E-state index contributed by atoms with van der Waals surface area (Å²) in [4.78, 5) is 12.9. The average Bonchev–Trinajstić information content (AvgIpc) is 2.04. The van der Waals surface area contributed by atoms with Gasteiger partial charge in [0.2, 0.25) is 0 Å². The number of nitrogens with zero attached hydrogens (tertiary/aromatic N) is 2. The molecule has 0 spiro atoms. The Morgan fingerprint density at radius 3 is 2.08 bits per heavy atom. The van der Waals surface area contributed by atoms with Gasteiger partial charge in [-0.25, -0.2) is 4.79 Å². The lowest BCUT2D eigenvalue weighted by atomic mass is 10.4. The number of hydrogen-bond acceptors (Lipinski definition) is 2. The molecule has 0 fully saturated rings. The van der Waals surface area contributed by atoms with Crippen LogP contribution in [0.4, 0.5) is 5.69 Å². The third-order valence-electron chi connectivity index (χ3n) is 1.69. The Morgan fingerprint density at radius 2 is 1.77 bits per heavy atom. The summed E-state index contributed by atoms with van der Waals surface area (Å²) in [6.07, 6.45) is 3.52. The summed E-state index contributed by atoms with van der Waals surface area (Å²) < 4.78 is 1.55. The zero-order chi connectivity index (χ0) is 9.14. The minimum atomic E-state index is 0. The summed E-state index contributed by atoms with van der Waals surface area (Å²) in [6.45, 7) is 1.54. The molecule has 1 heterocycles. The van der Waals surface area contributed by atoms with E-state index in [9.17, 15) is 4.79 Å². The molecule has 0 saturated carbocycles. The SMILES string of the molecule is CC(=O)[n+]1ccc(N(C)C)cc1.[Br-]. The van der Waals surface area contributed by atoms with Crippen LogP contribution in [0, 0.1) is 0 Å². The summed E-state index contributed by atoms with van der Waals surface area (Å²) in [6, 6.07) is 3.81. The van der Waals surface area contributed by atoms with Crippen molar-refractivity contribution in [1.29, 1.82) is 0 Å². The molecule has 13 heavy (non-hydrogen) atoms. The Morgan fingerprint density at radius 1 is 1.31 bits per heavy atom. The van der Waals surface area contributed by atoms with E-state index in [-0.39, 0.29) is 22.9 Å². The van der Waals surface area contributed by atoms with Crippen LogP contribution in [0.2, 0.25) is 0 Å². The van der Waals surface area contributed by atoms with E-state index in [1.807, 2.05) is 31.1 Å². The van der Waals surface area contributed by atoms with Crippen molar-refractivity contribution in [3.63, 3.8) is 0 Å². The number of anilines is 1. The zero-order valence-corrected chi connectivity index (χ0v) is 9.58. The minimum absolute atomic E-state index is 0. The zero-order valence-electron chi connectivity index (χ0n) is 7.99.